The number of phosphoric acid groups is 1. The molecule has 10 heteroatoms. The molecule has 0 aliphatic heterocycles. The third-order valence-electron chi connectivity index (χ3n) is 14.2. The molecule has 0 aromatic carbocycles. The minimum absolute atomic E-state index is 0.0440. The van der Waals surface area contributed by atoms with Crippen LogP contribution in [0.3, 0.4) is 0 Å². The van der Waals surface area contributed by atoms with E-state index in [1.54, 1.807) is 0 Å². The van der Waals surface area contributed by atoms with Gasteiger partial charge in [-0.3, -0.25) is 14.2 Å². The lowest BCUT2D eigenvalue weighted by molar-refractivity contribution is -0.870. The van der Waals surface area contributed by atoms with Crippen LogP contribution in [0.5, 0.6) is 0 Å². The van der Waals surface area contributed by atoms with Crippen molar-refractivity contribution in [2.24, 2.45) is 0 Å². The highest BCUT2D eigenvalue weighted by atomic mass is 31.2. The summed E-state index contributed by atoms with van der Waals surface area (Å²) in [4.78, 5) is 38.0. The Balaban J connectivity index is 4.18. The van der Waals surface area contributed by atoms with E-state index in [4.69, 9.17) is 18.5 Å². The fourth-order valence-electron chi connectivity index (χ4n) is 8.97. The predicted molar refractivity (Wildman–Crippen MR) is 360 cm³/mol. The summed E-state index contributed by atoms with van der Waals surface area (Å²) in [5.41, 5.74) is 0. The highest BCUT2D eigenvalue weighted by Gasteiger charge is 2.22. The molecule has 0 saturated heterocycles. The van der Waals surface area contributed by atoms with Crippen molar-refractivity contribution in [3.63, 3.8) is 0 Å². The van der Waals surface area contributed by atoms with Gasteiger partial charge in [-0.1, -0.05) is 276 Å². The molecule has 2 atom stereocenters. The standard InChI is InChI=1S/C74H126NO8P/c1-6-8-10-12-14-16-18-20-22-24-26-28-30-32-34-36-37-39-41-43-45-47-49-51-53-55-57-59-61-63-65-67-74(77)83-72(71-82-84(78,79)81-69-68-75(3,4)5)70-80-73(76)66-64-62-60-58-56-54-52-50-48-46-44-42-40-38-35-33-31-29-27-25-23-21-19-17-15-13-11-9-7-2/h8,10,14,16,19-22,25-28,32,34,37,39,43,45,49,51,55,57,72H,6-7,9,11-13,15,17-18,23-24,29-31,33,35-36,38,40-42,44,46-48,50,52-54,56,58-71H2,1-5H3/b10-8-,16-14-,21-19-,22-20-,27-25-,28-26-,34-32-,39-37-,45-43-,51-49-,57-55-. The van der Waals surface area contributed by atoms with Crippen LogP contribution in [0.2, 0.25) is 0 Å². The average molecular weight is 1190 g/mol. The molecular formula is C74H126NO8P. The van der Waals surface area contributed by atoms with E-state index >= 15 is 0 Å². The molecule has 0 fully saturated rings. The number of unbranched alkanes of at least 4 members (excludes halogenated alkanes) is 25. The monoisotopic (exact) mass is 1190 g/mol. The van der Waals surface area contributed by atoms with Crippen molar-refractivity contribution in [1.82, 2.24) is 0 Å². The fourth-order valence-corrected chi connectivity index (χ4v) is 9.70. The summed E-state index contributed by atoms with van der Waals surface area (Å²) in [7, 11) is 1.13. The number of esters is 2. The van der Waals surface area contributed by atoms with Crippen LogP contribution in [0.15, 0.2) is 134 Å². The van der Waals surface area contributed by atoms with Crippen LogP contribution in [0.4, 0.5) is 0 Å². The molecule has 0 saturated carbocycles. The summed E-state index contributed by atoms with van der Waals surface area (Å²) in [5, 5.41) is 0. The van der Waals surface area contributed by atoms with Gasteiger partial charge in [0.15, 0.2) is 6.10 Å². The Morgan fingerprint density at radius 2 is 0.679 bits per heavy atom. The summed E-state index contributed by atoms with van der Waals surface area (Å²) >= 11 is 0. The van der Waals surface area contributed by atoms with Gasteiger partial charge >= 0.3 is 11.9 Å². The van der Waals surface area contributed by atoms with Crippen molar-refractivity contribution in [1.29, 1.82) is 0 Å². The van der Waals surface area contributed by atoms with Crippen LogP contribution in [-0.2, 0) is 32.7 Å². The number of phosphoric ester groups is 1. The highest BCUT2D eigenvalue weighted by Crippen LogP contribution is 2.38. The zero-order chi connectivity index (χ0) is 61.2. The minimum Gasteiger partial charge on any atom is -0.756 e. The Hall–Kier alpha value is -3.85. The number of hydrogen-bond acceptors (Lipinski definition) is 8. The molecule has 0 aliphatic rings. The molecule has 0 radical (unpaired) electrons. The normalized spacial score (nSPS) is 14.0. The maximum atomic E-state index is 12.8. The average Bonchev–Trinajstić information content (AvgIpc) is 3.61. The molecule has 0 spiro atoms. The molecule has 0 aromatic rings. The first-order valence-electron chi connectivity index (χ1n) is 33.9. The van der Waals surface area contributed by atoms with Crippen LogP contribution in [0, 0.1) is 0 Å². The number of carbonyl (C=O) groups is 2. The number of likely N-dealkylation sites (N-methyl/N-ethyl adjacent to an activating group) is 1. The quantitative estimate of drug-likeness (QED) is 0.0195. The van der Waals surface area contributed by atoms with E-state index in [9.17, 15) is 19.0 Å². The van der Waals surface area contributed by atoms with Gasteiger partial charge in [0.05, 0.1) is 27.7 Å². The number of quaternary nitrogens is 1. The molecule has 0 heterocycles. The molecule has 0 bridgehead atoms. The Morgan fingerprint density at radius 3 is 1.02 bits per heavy atom. The Labute approximate surface area is 517 Å². The molecule has 0 aliphatic carbocycles. The predicted octanol–water partition coefficient (Wildman–Crippen LogP) is 21.4. The van der Waals surface area contributed by atoms with Gasteiger partial charge in [0.2, 0.25) is 0 Å². The van der Waals surface area contributed by atoms with Gasteiger partial charge in [-0.2, -0.15) is 0 Å². The van der Waals surface area contributed by atoms with Crippen molar-refractivity contribution in [2.75, 3.05) is 47.5 Å². The van der Waals surface area contributed by atoms with E-state index in [1.165, 1.54) is 135 Å². The number of nitrogens with zero attached hydrogens (tertiary/aromatic N) is 1. The number of allylic oxidation sites excluding steroid dienone is 22. The van der Waals surface area contributed by atoms with E-state index in [-0.39, 0.29) is 26.1 Å². The van der Waals surface area contributed by atoms with Gasteiger partial charge < -0.3 is 27.9 Å². The van der Waals surface area contributed by atoms with Crippen LogP contribution in [0.1, 0.15) is 271 Å². The zero-order valence-electron chi connectivity index (χ0n) is 54.6. The maximum absolute atomic E-state index is 12.8. The molecular weight excluding hydrogens is 1060 g/mol. The van der Waals surface area contributed by atoms with Crippen molar-refractivity contribution < 1.29 is 42.1 Å². The zero-order valence-corrected chi connectivity index (χ0v) is 55.4. The second kappa shape index (κ2) is 63.6. The molecule has 9 nitrogen and oxygen atoms in total. The SMILES string of the molecule is CC/C=C\C/C=C\C/C=C\C/C=C\C/C=C\C/C=C\C/C=C\C/C=C\C/C=C\CCCCCC(=O)OC(COC(=O)CCCCCCCCCCCCCCCCCCC/C=C\C/C=C\CCCCCCC)COP(=O)([O-])OCC[N+](C)(C)C. The molecule has 480 valence electrons. The topological polar surface area (TPSA) is 111 Å². The van der Waals surface area contributed by atoms with Crippen LogP contribution in [-0.4, -0.2) is 70.0 Å². The van der Waals surface area contributed by atoms with E-state index in [2.05, 4.69) is 148 Å². The largest absolute Gasteiger partial charge is 0.756 e. The smallest absolute Gasteiger partial charge is 0.306 e. The number of carbonyl (C=O) groups excluding carboxylic acids is 2. The highest BCUT2D eigenvalue weighted by molar-refractivity contribution is 7.45. The Morgan fingerprint density at radius 1 is 0.381 bits per heavy atom. The first-order valence-corrected chi connectivity index (χ1v) is 35.4. The van der Waals surface area contributed by atoms with Gasteiger partial charge in [-0.15, -0.1) is 0 Å². The third kappa shape index (κ3) is 67.3. The Bertz CT molecular complexity index is 1880. The lowest BCUT2D eigenvalue weighted by atomic mass is 10.0. The molecule has 0 N–H and O–H groups in total. The lowest BCUT2D eigenvalue weighted by Crippen LogP contribution is -2.37. The molecule has 0 aromatic heterocycles. The summed E-state index contributed by atoms with van der Waals surface area (Å²) in [6.07, 6.45) is 92.4. The van der Waals surface area contributed by atoms with E-state index in [0.29, 0.717) is 17.4 Å². The molecule has 2 unspecified atom stereocenters. The van der Waals surface area contributed by atoms with Gasteiger partial charge in [-0.25, -0.2) is 0 Å². The van der Waals surface area contributed by atoms with Crippen molar-refractivity contribution >= 4 is 19.8 Å². The summed E-state index contributed by atoms with van der Waals surface area (Å²) < 4.78 is 34.2. The fraction of sp³-hybridized carbons (Fsp3) is 0.676. The number of ether oxygens (including phenoxy) is 2. The second-order valence-electron chi connectivity index (χ2n) is 23.5. The van der Waals surface area contributed by atoms with Crippen LogP contribution < -0.4 is 4.89 Å². The van der Waals surface area contributed by atoms with E-state index in [0.717, 1.165) is 103 Å². The third-order valence-corrected chi connectivity index (χ3v) is 15.1. The Kier molecular flexibility index (Phi) is 60.7. The number of rotatable bonds is 61. The van der Waals surface area contributed by atoms with Gasteiger partial charge in [0.25, 0.3) is 7.82 Å². The second-order valence-corrected chi connectivity index (χ2v) is 24.9. The van der Waals surface area contributed by atoms with Crippen molar-refractivity contribution in [3.8, 4) is 0 Å². The summed E-state index contributed by atoms with van der Waals surface area (Å²) in [5.74, 6) is -0.874. The van der Waals surface area contributed by atoms with E-state index in [1.807, 2.05) is 21.1 Å². The lowest BCUT2D eigenvalue weighted by Gasteiger charge is -2.28. The summed E-state index contributed by atoms with van der Waals surface area (Å²) in [6, 6.07) is 0. The molecule has 84 heavy (non-hydrogen) atoms. The minimum atomic E-state index is -4.66. The van der Waals surface area contributed by atoms with Crippen molar-refractivity contribution in [2.45, 2.75) is 277 Å². The van der Waals surface area contributed by atoms with Gasteiger partial charge in [-0.05, 0) is 116 Å². The van der Waals surface area contributed by atoms with Gasteiger partial charge in [0, 0.05) is 12.8 Å². The first-order chi connectivity index (χ1) is 41.0. The molecule has 0 amide bonds. The van der Waals surface area contributed by atoms with Crippen molar-refractivity contribution in [3.05, 3.63) is 134 Å². The van der Waals surface area contributed by atoms with Crippen LogP contribution >= 0.6 is 7.82 Å². The maximum Gasteiger partial charge on any atom is 0.306 e. The first kappa shape index (κ1) is 80.2. The van der Waals surface area contributed by atoms with Crippen LogP contribution in [0.25, 0.3) is 0 Å². The van der Waals surface area contributed by atoms with E-state index < -0.39 is 32.5 Å². The molecule has 0 rings (SSSR count). The van der Waals surface area contributed by atoms with Gasteiger partial charge in [0.1, 0.15) is 19.8 Å². The summed E-state index contributed by atoms with van der Waals surface area (Å²) in [6.45, 7) is 4.08. The number of hydrogen-bond donors (Lipinski definition) is 0.